The minimum Gasteiger partial charge on any atom is -0.431 e. The first kappa shape index (κ1) is 23.1. The molecule has 0 aliphatic carbocycles. The molecular formula is C20H20F4N4O4. The van der Waals surface area contributed by atoms with Crippen molar-refractivity contribution in [3.05, 3.63) is 50.4 Å². The number of ether oxygens (including phenoxy) is 2. The van der Waals surface area contributed by atoms with Gasteiger partial charge in [0.05, 0.1) is 0 Å². The second kappa shape index (κ2) is 9.28. The van der Waals surface area contributed by atoms with Crippen LogP contribution < -0.4 is 20.7 Å². The van der Waals surface area contributed by atoms with Gasteiger partial charge in [-0.25, -0.2) is 9.78 Å². The Kier molecular flexibility index (Phi) is 6.70. The molecule has 1 aromatic carbocycles. The molecule has 2 aromatic heterocycles. The number of benzene rings is 1. The van der Waals surface area contributed by atoms with Crippen LogP contribution >= 0.6 is 0 Å². The normalized spacial score (nSPS) is 11.9. The van der Waals surface area contributed by atoms with Crippen molar-refractivity contribution in [1.82, 2.24) is 18.7 Å². The molecule has 0 atom stereocenters. The van der Waals surface area contributed by atoms with Crippen LogP contribution in [0.15, 0.2) is 27.8 Å². The van der Waals surface area contributed by atoms with E-state index in [2.05, 4.69) is 14.5 Å². The Morgan fingerprint density at radius 1 is 0.969 bits per heavy atom. The monoisotopic (exact) mass is 456 g/mol. The Balaban J connectivity index is 2.07. The molecule has 3 rings (SSSR count). The predicted octanol–water partition coefficient (Wildman–Crippen LogP) is 3.31. The number of fused-ring (bicyclic) bond motifs is 1. The third kappa shape index (κ3) is 4.39. The number of hydrogen-bond donors (Lipinski definition) is 0. The van der Waals surface area contributed by atoms with E-state index in [1.54, 1.807) is 20.9 Å². The Bertz CT molecular complexity index is 1280. The molecule has 0 fully saturated rings. The van der Waals surface area contributed by atoms with Crippen molar-refractivity contribution in [2.45, 2.75) is 40.2 Å². The van der Waals surface area contributed by atoms with Gasteiger partial charge < -0.3 is 14.0 Å². The summed E-state index contributed by atoms with van der Waals surface area (Å²) in [7, 11) is 1.60. The number of aromatic nitrogens is 4. The first-order valence-corrected chi connectivity index (χ1v) is 9.59. The largest absolute Gasteiger partial charge is 0.431 e. The van der Waals surface area contributed by atoms with E-state index >= 15 is 0 Å². The van der Waals surface area contributed by atoms with Crippen LogP contribution in [0.3, 0.4) is 0 Å². The molecule has 0 unspecified atom stereocenters. The molecule has 0 spiro atoms. The third-order valence-electron chi connectivity index (χ3n) is 4.73. The zero-order valence-electron chi connectivity index (χ0n) is 17.4. The third-order valence-corrected chi connectivity index (χ3v) is 4.73. The van der Waals surface area contributed by atoms with Crippen LogP contribution in [0.5, 0.6) is 11.5 Å². The van der Waals surface area contributed by atoms with Crippen LogP contribution in [0, 0.1) is 0 Å². The fourth-order valence-corrected chi connectivity index (χ4v) is 3.27. The minimum absolute atomic E-state index is 0.198. The number of aryl methyl sites for hydroxylation is 2. The molecule has 12 heteroatoms. The van der Waals surface area contributed by atoms with Crippen molar-refractivity contribution in [1.29, 1.82) is 0 Å². The van der Waals surface area contributed by atoms with E-state index in [4.69, 9.17) is 0 Å². The van der Waals surface area contributed by atoms with Gasteiger partial charge in [-0.1, -0.05) is 12.1 Å². The molecule has 0 saturated carbocycles. The lowest BCUT2D eigenvalue weighted by atomic mass is 10.2. The van der Waals surface area contributed by atoms with Gasteiger partial charge in [0.1, 0.15) is 5.82 Å². The van der Waals surface area contributed by atoms with Gasteiger partial charge in [-0.15, -0.1) is 0 Å². The van der Waals surface area contributed by atoms with Crippen LogP contribution in [0.25, 0.3) is 23.3 Å². The molecule has 8 nitrogen and oxygen atoms in total. The summed E-state index contributed by atoms with van der Waals surface area (Å²) < 4.78 is 62.7. The van der Waals surface area contributed by atoms with Crippen LogP contribution in [0.4, 0.5) is 17.6 Å². The molecule has 0 aliphatic rings. The van der Waals surface area contributed by atoms with E-state index in [1.165, 1.54) is 27.4 Å². The molecule has 0 amide bonds. The zero-order chi connectivity index (χ0) is 23.6. The molecule has 0 radical (unpaired) electrons. The number of hydrogen-bond acceptors (Lipinski definition) is 5. The molecule has 172 valence electrons. The molecule has 2 heterocycles. The fraction of sp³-hybridized carbons (Fsp3) is 0.350. The summed E-state index contributed by atoms with van der Waals surface area (Å²) in [6, 6.07) is 3.55. The Morgan fingerprint density at radius 3 is 2.19 bits per heavy atom. The Hall–Kier alpha value is -3.57. The number of alkyl halides is 4. The maximum atomic E-state index is 12.7. The van der Waals surface area contributed by atoms with E-state index < -0.39 is 36.0 Å². The van der Waals surface area contributed by atoms with Gasteiger partial charge >= 0.3 is 18.9 Å². The molecule has 0 saturated heterocycles. The van der Waals surface area contributed by atoms with Crippen molar-refractivity contribution < 1.29 is 27.0 Å². The summed E-state index contributed by atoms with van der Waals surface area (Å²) in [6.45, 7) is -2.50. The minimum atomic E-state index is -3.24. The lowest BCUT2D eigenvalue weighted by Gasteiger charge is -2.12. The van der Waals surface area contributed by atoms with Crippen molar-refractivity contribution in [3.63, 3.8) is 0 Å². The summed E-state index contributed by atoms with van der Waals surface area (Å²) in [6.07, 6.45) is 2.97. The average Bonchev–Trinajstić information content (AvgIpc) is 3.04. The van der Waals surface area contributed by atoms with E-state index in [9.17, 15) is 27.2 Å². The lowest BCUT2D eigenvalue weighted by Crippen LogP contribution is -2.39. The highest BCUT2D eigenvalue weighted by Gasteiger charge is 2.18. The second-order valence-corrected chi connectivity index (χ2v) is 6.57. The van der Waals surface area contributed by atoms with Gasteiger partial charge in [-0.3, -0.25) is 13.9 Å². The second-order valence-electron chi connectivity index (χ2n) is 6.57. The van der Waals surface area contributed by atoms with Crippen molar-refractivity contribution >= 4 is 23.3 Å². The van der Waals surface area contributed by atoms with E-state index in [-0.39, 0.29) is 17.7 Å². The molecule has 0 bridgehead atoms. The number of imidazole rings is 1. The highest BCUT2D eigenvalue weighted by atomic mass is 19.3. The summed E-state index contributed by atoms with van der Waals surface area (Å²) in [4.78, 5) is 29.6. The smallest absolute Gasteiger partial charge is 0.387 e. The number of rotatable bonds is 8. The van der Waals surface area contributed by atoms with Gasteiger partial charge in [-0.05, 0) is 37.6 Å². The summed E-state index contributed by atoms with van der Waals surface area (Å²) in [5.41, 5.74) is -0.169. The van der Waals surface area contributed by atoms with E-state index in [0.29, 0.717) is 17.9 Å². The van der Waals surface area contributed by atoms with Gasteiger partial charge in [0, 0.05) is 20.1 Å². The van der Waals surface area contributed by atoms with Crippen molar-refractivity contribution in [3.8, 4) is 11.5 Å². The summed E-state index contributed by atoms with van der Waals surface area (Å²) in [5, 5.41) is 0. The van der Waals surface area contributed by atoms with E-state index in [1.807, 2.05) is 0 Å². The van der Waals surface area contributed by atoms with Gasteiger partial charge in [-0.2, -0.15) is 17.6 Å². The maximum Gasteiger partial charge on any atom is 0.387 e. The van der Waals surface area contributed by atoms with Crippen molar-refractivity contribution in [2.24, 2.45) is 7.05 Å². The molecule has 0 aliphatic heterocycles. The first-order chi connectivity index (χ1) is 15.2. The number of nitrogens with zero attached hydrogens (tertiary/aromatic N) is 4. The maximum absolute atomic E-state index is 12.7. The lowest BCUT2D eigenvalue weighted by molar-refractivity contribution is -0.0692. The van der Waals surface area contributed by atoms with Crippen LogP contribution in [-0.2, 0) is 20.1 Å². The predicted molar refractivity (Wildman–Crippen MR) is 109 cm³/mol. The fourth-order valence-electron chi connectivity index (χ4n) is 3.27. The van der Waals surface area contributed by atoms with Crippen LogP contribution in [0.1, 0.15) is 25.2 Å². The molecule has 3 aromatic rings. The highest BCUT2D eigenvalue weighted by Crippen LogP contribution is 2.31. The zero-order valence-corrected chi connectivity index (χ0v) is 17.4. The van der Waals surface area contributed by atoms with E-state index in [0.717, 1.165) is 16.7 Å². The molecule has 32 heavy (non-hydrogen) atoms. The standard InChI is InChI=1S/C20H20F4N4O4/c1-4-27-16-15(17(29)28(5-2)20(27)30)26(3)14(25-16)9-7-11-6-8-12(31-18(21)22)13(10-11)32-19(23)24/h6-10,18-19H,4-5H2,1-3H3/b9-7+. The van der Waals surface area contributed by atoms with Gasteiger partial charge in [0.15, 0.2) is 22.7 Å². The van der Waals surface area contributed by atoms with Crippen LogP contribution in [0.2, 0.25) is 0 Å². The average molecular weight is 456 g/mol. The molecule has 0 N–H and O–H groups in total. The topological polar surface area (TPSA) is 80.3 Å². The summed E-state index contributed by atoms with van der Waals surface area (Å²) in [5.74, 6) is -0.776. The van der Waals surface area contributed by atoms with Gasteiger partial charge in [0.2, 0.25) is 0 Å². The first-order valence-electron chi connectivity index (χ1n) is 9.59. The summed E-state index contributed by atoms with van der Waals surface area (Å²) >= 11 is 0. The quantitative estimate of drug-likeness (QED) is 0.486. The number of halogens is 4. The Labute approximate surface area is 178 Å². The van der Waals surface area contributed by atoms with Gasteiger partial charge in [0.25, 0.3) is 5.56 Å². The van der Waals surface area contributed by atoms with Crippen LogP contribution in [-0.4, -0.2) is 31.9 Å². The highest BCUT2D eigenvalue weighted by molar-refractivity contribution is 5.77. The molecular weight excluding hydrogens is 436 g/mol. The SMILES string of the molecule is CCn1c(=O)c2c(nc(/C=C/c3ccc(OC(F)F)c(OC(F)F)c3)n2C)n(CC)c1=O. The van der Waals surface area contributed by atoms with Crippen molar-refractivity contribution in [2.75, 3.05) is 0 Å². The Morgan fingerprint density at radius 2 is 1.59 bits per heavy atom.